The number of carbonyl (C=O) groups is 3. The van der Waals surface area contributed by atoms with Crippen molar-refractivity contribution in [3.8, 4) is 0 Å². The molecule has 7 nitrogen and oxygen atoms in total. The Balaban J connectivity index is 1.43. The first-order valence-corrected chi connectivity index (χ1v) is 12.4. The lowest BCUT2D eigenvalue weighted by molar-refractivity contribution is -0.146. The molecule has 0 unspecified atom stereocenters. The minimum atomic E-state index is -0.919. The van der Waals surface area contributed by atoms with Crippen LogP contribution in [0.4, 0.5) is 5.00 Å². The molecule has 1 aliphatic carbocycles. The molecule has 0 atom stereocenters. The Morgan fingerprint density at radius 3 is 2.48 bits per heavy atom. The summed E-state index contributed by atoms with van der Waals surface area (Å²) in [5.74, 6) is -1.39. The maximum atomic E-state index is 12.9. The Kier molecular flexibility index (Phi) is 7.14. The highest BCUT2D eigenvalue weighted by Gasteiger charge is 2.43. The molecule has 1 aromatic carbocycles. The van der Waals surface area contributed by atoms with Gasteiger partial charge in [-0.3, -0.25) is 14.5 Å². The van der Waals surface area contributed by atoms with Gasteiger partial charge >= 0.3 is 11.9 Å². The highest BCUT2D eigenvalue weighted by molar-refractivity contribution is 7.17. The van der Waals surface area contributed by atoms with Crippen molar-refractivity contribution < 1.29 is 24.2 Å². The molecule has 1 amide bonds. The number of anilines is 1. The number of carbonyl (C=O) groups excluding carboxylic acids is 2. The van der Waals surface area contributed by atoms with Crippen LogP contribution in [0.15, 0.2) is 30.3 Å². The van der Waals surface area contributed by atoms with Gasteiger partial charge in [0.2, 0.25) is 5.91 Å². The number of carboxylic acid groups (broad SMARTS) is 1. The second-order valence-electron chi connectivity index (χ2n) is 8.71. The van der Waals surface area contributed by atoms with Gasteiger partial charge in [-0.15, -0.1) is 11.3 Å². The number of nitrogens with one attached hydrogen (secondary N) is 1. The maximum Gasteiger partial charge on any atom is 0.341 e. The number of likely N-dealkylation sites (tertiary alicyclic amines) is 1. The number of rotatable bonds is 7. The zero-order chi connectivity index (χ0) is 23.4. The quantitative estimate of drug-likeness (QED) is 0.597. The van der Waals surface area contributed by atoms with E-state index >= 15 is 0 Å². The molecule has 0 saturated carbocycles. The molecule has 0 bridgehead atoms. The summed E-state index contributed by atoms with van der Waals surface area (Å²) in [6.07, 6.45) is 4.76. The van der Waals surface area contributed by atoms with Gasteiger partial charge in [0.05, 0.1) is 24.1 Å². The summed E-state index contributed by atoms with van der Waals surface area (Å²) >= 11 is 1.48. The van der Waals surface area contributed by atoms with Crippen LogP contribution in [0.25, 0.3) is 0 Å². The van der Waals surface area contributed by atoms with Gasteiger partial charge in [-0.05, 0) is 56.6 Å². The number of thiophene rings is 1. The number of amides is 1. The smallest absolute Gasteiger partial charge is 0.341 e. The van der Waals surface area contributed by atoms with E-state index in [-0.39, 0.29) is 25.0 Å². The third-order valence-electron chi connectivity index (χ3n) is 6.72. The Morgan fingerprint density at radius 2 is 1.82 bits per heavy atom. The van der Waals surface area contributed by atoms with E-state index in [9.17, 15) is 19.5 Å². The highest BCUT2D eigenvalue weighted by Crippen LogP contribution is 2.39. The number of aliphatic carboxylic acids is 1. The number of fused-ring (bicyclic) bond motifs is 1. The normalized spacial score (nSPS) is 17.7. The molecule has 2 heterocycles. The van der Waals surface area contributed by atoms with Gasteiger partial charge in [0.25, 0.3) is 0 Å². The predicted molar refractivity (Wildman–Crippen MR) is 127 cm³/mol. The minimum Gasteiger partial charge on any atom is -0.481 e. The van der Waals surface area contributed by atoms with Crippen molar-refractivity contribution in [1.82, 2.24) is 4.90 Å². The zero-order valence-electron chi connectivity index (χ0n) is 18.9. The largest absolute Gasteiger partial charge is 0.481 e. The first-order valence-electron chi connectivity index (χ1n) is 11.6. The Morgan fingerprint density at radius 1 is 1.12 bits per heavy atom. The fraction of sp³-hybridized carbons (Fsp3) is 0.480. The van der Waals surface area contributed by atoms with Crippen LogP contribution in [-0.2, 0) is 32.6 Å². The van der Waals surface area contributed by atoms with Crippen LogP contribution in [0.1, 0.15) is 59.0 Å². The van der Waals surface area contributed by atoms with Crippen LogP contribution in [0, 0.1) is 0 Å². The van der Waals surface area contributed by atoms with E-state index in [2.05, 4.69) is 5.32 Å². The number of piperidine rings is 1. The fourth-order valence-electron chi connectivity index (χ4n) is 4.92. The molecule has 2 aliphatic rings. The first kappa shape index (κ1) is 23.4. The summed E-state index contributed by atoms with van der Waals surface area (Å²) in [5.41, 5.74) is 1.42. The highest BCUT2D eigenvalue weighted by atomic mass is 32.1. The number of aryl methyl sites for hydroxylation is 1. The standard InChI is InChI=1S/C25H30N2O5S/c1-2-32-23(29)21-18-10-6-7-11-19(18)33-22(21)26-20(28)16-27-14-12-25(13-15-27,24(30)31)17-8-4-3-5-9-17/h3-5,8-9H,2,6-7,10-16H2,1H3,(H,26,28)(H,30,31). The van der Waals surface area contributed by atoms with Crippen molar-refractivity contribution in [2.75, 3.05) is 31.6 Å². The van der Waals surface area contributed by atoms with Crippen molar-refractivity contribution in [1.29, 1.82) is 0 Å². The molecule has 1 saturated heterocycles. The van der Waals surface area contributed by atoms with E-state index in [4.69, 9.17) is 4.74 Å². The van der Waals surface area contributed by atoms with E-state index in [1.54, 1.807) is 6.92 Å². The van der Waals surface area contributed by atoms with E-state index < -0.39 is 11.4 Å². The number of hydrogen-bond acceptors (Lipinski definition) is 6. The van der Waals surface area contributed by atoms with Crippen molar-refractivity contribution in [2.45, 2.75) is 50.9 Å². The van der Waals surface area contributed by atoms with Crippen molar-refractivity contribution >= 4 is 34.2 Å². The van der Waals surface area contributed by atoms with E-state index in [0.29, 0.717) is 36.5 Å². The van der Waals surface area contributed by atoms with Crippen molar-refractivity contribution in [2.24, 2.45) is 0 Å². The van der Waals surface area contributed by atoms with Gasteiger partial charge < -0.3 is 15.2 Å². The average molecular weight is 471 g/mol. The molecule has 176 valence electrons. The molecule has 2 aromatic rings. The van der Waals surface area contributed by atoms with Gasteiger partial charge in [-0.25, -0.2) is 4.79 Å². The van der Waals surface area contributed by atoms with Crippen LogP contribution in [0.5, 0.6) is 0 Å². The summed E-state index contributed by atoms with van der Waals surface area (Å²) in [5, 5.41) is 13.5. The second-order valence-corrected chi connectivity index (χ2v) is 9.82. The fourth-order valence-corrected chi connectivity index (χ4v) is 6.21. The minimum absolute atomic E-state index is 0.162. The molecular weight excluding hydrogens is 440 g/mol. The molecule has 2 N–H and O–H groups in total. The summed E-state index contributed by atoms with van der Waals surface area (Å²) in [4.78, 5) is 40.8. The van der Waals surface area contributed by atoms with Crippen LogP contribution in [0.3, 0.4) is 0 Å². The molecular formula is C25H30N2O5S. The lowest BCUT2D eigenvalue weighted by Gasteiger charge is -2.38. The maximum absolute atomic E-state index is 12.9. The van der Waals surface area contributed by atoms with Crippen LogP contribution in [0.2, 0.25) is 0 Å². The molecule has 8 heteroatoms. The number of hydrogen-bond donors (Lipinski definition) is 2. The van der Waals surface area contributed by atoms with Gasteiger partial charge in [-0.1, -0.05) is 30.3 Å². The van der Waals surface area contributed by atoms with Gasteiger partial charge in [0, 0.05) is 18.0 Å². The average Bonchev–Trinajstić information content (AvgIpc) is 3.18. The molecule has 0 spiro atoms. The van der Waals surface area contributed by atoms with Crippen LogP contribution < -0.4 is 5.32 Å². The summed E-state index contributed by atoms with van der Waals surface area (Å²) in [6, 6.07) is 9.34. The van der Waals surface area contributed by atoms with E-state index in [0.717, 1.165) is 41.7 Å². The number of carboxylic acids is 1. The molecule has 4 rings (SSSR count). The van der Waals surface area contributed by atoms with Crippen LogP contribution in [-0.4, -0.2) is 54.1 Å². The summed E-state index contributed by atoms with van der Waals surface area (Å²) in [6.45, 7) is 3.26. The molecule has 0 radical (unpaired) electrons. The summed E-state index contributed by atoms with van der Waals surface area (Å²) < 4.78 is 5.26. The molecule has 1 aromatic heterocycles. The van der Waals surface area contributed by atoms with Crippen molar-refractivity contribution in [3.05, 3.63) is 51.9 Å². The molecule has 1 aliphatic heterocycles. The van der Waals surface area contributed by atoms with Crippen molar-refractivity contribution in [3.63, 3.8) is 0 Å². The van der Waals surface area contributed by atoms with Gasteiger partial charge in [-0.2, -0.15) is 0 Å². The lowest BCUT2D eigenvalue weighted by Crippen LogP contribution is -2.49. The zero-order valence-corrected chi connectivity index (χ0v) is 19.7. The van der Waals surface area contributed by atoms with E-state index in [1.165, 1.54) is 11.3 Å². The second kappa shape index (κ2) is 10.1. The van der Waals surface area contributed by atoms with Gasteiger partial charge in [0.1, 0.15) is 5.00 Å². The predicted octanol–water partition coefficient (Wildman–Crippen LogP) is 3.86. The molecule has 1 fully saturated rings. The van der Waals surface area contributed by atoms with Gasteiger partial charge in [0.15, 0.2) is 0 Å². The van der Waals surface area contributed by atoms with Crippen LogP contribution >= 0.6 is 11.3 Å². The number of ether oxygens (including phenoxy) is 1. The molecule has 33 heavy (non-hydrogen) atoms. The number of nitrogens with zero attached hydrogens (tertiary/aromatic N) is 1. The SMILES string of the molecule is CCOC(=O)c1c(NC(=O)CN2CCC(C(=O)O)(c3ccccc3)CC2)sc2c1CCCC2. The Hall–Kier alpha value is -2.71. The van der Waals surface area contributed by atoms with E-state index in [1.807, 2.05) is 35.2 Å². The number of benzene rings is 1. The Bertz CT molecular complexity index is 1020. The number of esters is 1. The first-order chi connectivity index (χ1) is 15.9. The Labute approximate surface area is 197 Å². The third-order valence-corrected chi connectivity index (χ3v) is 7.92. The lowest BCUT2D eigenvalue weighted by atomic mass is 9.73. The topological polar surface area (TPSA) is 95.9 Å². The monoisotopic (exact) mass is 470 g/mol. The third kappa shape index (κ3) is 4.82. The summed E-state index contributed by atoms with van der Waals surface area (Å²) in [7, 11) is 0.